The second-order valence-electron chi connectivity index (χ2n) is 6.03. The number of H-pyrrole nitrogens is 1. The van der Waals surface area contributed by atoms with Crippen LogP contribution in [0.3, 0.4) is 0 Å². The molecule has 0 spiro atoms. The van der Waals surface area contributed by atoms with Gasteiger partial charge in [0.25, 0.3) is 11.6 Å². The molecule has 154 valence electrons. The molecule has 30 heavy (non-hydrogen) atoms. The molecule has 11 nitrogen and oxygen atoms in total. The van der Waals surface area contributed by atoms with Crippen LogP contribution in [0.4, 0.5) is 5.69 Å². The summed E-state index contributed by atoms with van der Waals surface area (Å²) in [6.07, 6.45) is 0. The maximum absolute atomic E-state index is 12.4. The zero-order valence-corrected chi connectivity index (χ0v) is 16.0. The summed E-state index contributed by atoms with van der Waals surface area (Å²) in [4.78, 5) is 38.8. The predicted octanol–water partition coefficient (Wildman–Crippen LogP) is 2.11. The maximum Gasteiger partial charge on any atom is 0.338 e. The molecule has 3 rings (SSSR count). The summed E-state index contributed by atoms with van der Waals surface area (Å²) in [6.45, 7) is -0.00175. The summed E-state index contributed by atoms with van der Waals surface area (Å²) in [7, 11) is 2.71. The van der Waals surface area contributed by atoms with Gasteiger partial charge in [-0.3, -0.25) is 20.0 Å². The number of esters is 1. The normalized spacial score (nSPS) is 10.3. The summed E-state index contributed by atoms with van der Waals surface area (Å²) in [5, 5.41) is 20.5. The number of amides is 1. The van der Waals surface area contributed by atoms with Crippen molar-refractivity contribution in [2.45, 2.75) is 6.54 Å². The van der Waals surface area contributed by atoms with Crippen molar-refractivity contribution in [3.05, 3.63) is 69.5 Å². The van der Waals surface area contributed by atoms with Crippen molar-refractivity contribution < 1.29 is 24.0 Å². The van der Waals surface area contributed by atoms with Crippen molar-refractivity contribution in [2.24, 2.45) is 0 Å². The minimum absolute atomic E-state index is 0.00175. The Kier molecular flexibility index (Phi) is 6.01. The number of nitro groups is 1. The van der Waals surface area contributed by atoms with Crippen LogP contribution < -0.4 is 10.1 Å². The second kappa shape index (κ2) is 8.82. The number of carbonyl (C=O) groups excluding carboxylic acids is 2. The van der Waals surface area contributed by atoms with Crippen LogP contribution in [-0.2, 0) is 11.3 Å². The number of hydrogen-bond acceptors (Lipinski definition) is 8. The maximum atomic E-state index is 12.4. The summed E-state index contributed by atoms with van der Waals surface area (Å²) in [6, 6.07) is 10.5. The molecule has 1 aromatic heterocycles. The Balaban J connectivity index is 1.72. The van der Waals surface area contributed by atoms with E-state index in [2.05, 4.69) is 25.2 Å². The van der Waals surface area contributed by atoms with Gasteiger partial charge >= 0.3 is 5.97 Å². The first-order valence-electron chi connectivity index (χ1n) is 8.63. The molecular weight excluding hydrogens is 394 g/mol. The molecule has 0 saturated carbocycles. The number of benzene rings is 2. The van der Waals surface area contributed by atoms with E-state index in [1.807, 2.05) is 0 Å². The van der Waals surface area contributed by atoms with E-state index in [-0.39, 0.29) is 17.7 Å². The van der Waals surface area contributed by atoms with E-state index in [0.29, 0.717) is 17.4 Å². The minimum atomic E-state index is -0.785. The Morgan fingerprint density at radius 2 is 1.83 bits per heavy atom. The monoisotopic (exact) mass is 411 g/mol. The third-order valence-corrected chi connectivity index (χ3v) is 4.11. The van der Waals surface area contributed by atoms with Gasteiger partial charge in [0.2, 0.25) is 0 Å². The quantitative estimate of drug-likeness (QED) is 0.341. The van der Waals surface area contributed by atoms with Crippen molar-refractivity contribution in [3.8, 4) is 17.1 Å². The summed E-state index contributed by atoms with van der Waals surface area (Å²) in [5.41, 5.74) is 0.202. The Labute approximate surface area is 170 Å². The van der Waals surface area contributed by atoms with Crippen molar-refractivity contribution in [1.29, 1.82) is 0 Å². The number of nitrogens with one attached hydrogen (secondary N) is 2. The number of aromatic amines is 1. The molecule has 3 aromatic rings. The Bertz CT molecular complexity index is 1090. The molecule has 0 aliphatic carbocycles. The van der Waals surface area contributed by atoms with Crippen LogP contribution in [0, 0.1) is 10.1 Å². The number of aromatic nitrogens is 3. The highest BCUT2D eigenvalue weighted by molar-refractivity contribution is 5.98. The predicted molar refractivity (Wildman–Crippen MR) is 104 cm³/mol. The first-order valence-corrected chi connectivity index (χ1v) is 8.63. The summed E-state index contributed by atoms with van der Waals surface area (Å²) < 4.78 is 9.67. The average molecular weight is 411 g/mol. The molecule has 0 bridgehead atoms. The molecule has 0 fully saturated rings. The van der Waals surface area contributed by atoms with Crippen LogP contribution in [0.2, 0.25) is 0 Å². The number of non-ortho nitro benzene ring substituents is 1. The molecular formula is C19H17N5O6. The highest BCUT2D eigenvalue weighted by atomic mass is 16.6. The third-order valence-electron chi connectivity index (χ3n) is 4.11. The molecule has 2 N–H and O–H groups in total. The standard InChI is InChI=1S/C19H17N5O6/c1-29-15-5-3-11(4-6-15)17-21-16(22-23-17)10-20-18(25)12-7-13(19(26)30-2)9-14(8-12)24(27)28/h3-9H,10H2,1-2H3,(H,20,25)(H,21,22,23). The molecule has 0 saturated heterocycles. The summed E-state index contributed by atoms with van der Waals surface area (Å²) in [5.74, 6) is 0.112. The van der Waals surface area contributed by atoms with Gasteiger partial charge in [-0.2, -0.15) is 5.10 Å². The molecule has 0 unspecified atom stereocenters. The lowest BCUT2D eigenvalue weighted by molar-refractivity contribution is -0.384. The van der Waals surface area contributed by atoms with E-state index >= 15 is 0 Å². The number of carbonyl (C=O) groups is 2. The SMILES string of the molecule is COC(=O)c1cc(C(=O)NCc2nc(-c3ccc(OC)cc3)n[nH]2)cc([N+](=O)[O-])c1. The van der Waals surface area contributed by atoms with Crippen LogP contribution >= 0.6 is 0 Å². The highest BCUT2D eigenvalue weighted by Crippen LogP contribution is 2.20. The smallest absolute Gasteiger partial charge is 0.338 e. The fourth-order valence-corrected chi connectivity index (χ4v) is 2.59. The van der Waals surface area contributed by atoms with E-state index in [9.17, 15) is 19.7 Å². The number of ether oxygens (including phenoxy) is 2. The lowest BCUT2D eigenvalue weighted by atomic mass is 10.1. The third kappa shape index (κ3) is 4.58. The number of hydrogen-bond donors (Lipinski definition) is 2. The second-order valence-corrected chi connectivity index (χ2v) is 6.03. The zero-order valence-electron chi connectivity index (χ0n) is 16.0. The van der Waals surface area contributed by atoms with E-state index in [1.165, 1.54) is 6.07 Å². The molecule has 0 radical (unpaired) electrons. The number of methoxy groups -OCH3 is 2. The van der Waals surface area contributed by atoms with Crippen LogP contribution in [0.5, 0.6) is 5.75 Å². The molecule has 11 heteroatoms. The van der Waals surface area contributed by atoms with Gasteiger partial charge in [0.15, 0.2) is 5.82 Å². The van der Waals surface area contributed by atoms with Gasteiger partial charge in [-0.25, -0.2) is 9.78 Å². The van der Waals surface area contributed by atoms with Gasteiger partial charge in [-0.05, 0) is 30.3 Å². The number of rotatable bonds is 7. The lowest BCUT2D eigenvalue weighted by Crippen LogP contribution is -2.24. The average Bonchev–Trinajstić information content (AvgIpc) is 3.25. The van der Waals surface area contributed by atoms with Crippen molar-refractivity contribution in [1.82, 2.24) is 20.5 Å². The van der Waals surface area contributed by atoms with Gasteiger partial charge in [-0.15, -0.1) is 0 Å². The number of nitrogens with zero attached hydrogens (tertiary/aromatic N) is 3. The molecule has 1 heterocycles. The summed E-state index contributed by atoms with van der Waals surface area (Å²) >= 11 is 0. The first-order chi connectivity index (χ1) is 14.4. The van der Waals surface area contributed by atoms with Crippen molar-refractivity contribution in [3.63, 3.8) is 0 Å². The minimum Gasteiger partial charge on any atom is -0.497 e. The van der Waals surface area contributed by atoms with Crippen LogP contribution in [0.15, 0.2) is 42.5 Å². The van der Waals surface area contributed by atoms with Crippen LogP contribution in [-0.4, -0.2) is 46.2 Å². The Morgan fingerprint density at radius 3 is 2.47 bits per heavy atom. The fraction of sp³-hybridized carbons (Fsp3) is 0.158. The molecule has 2 aromatic carbocycles. The van der Waals surface area contributed by atoms with Gasteiger partial charge < -0.3 is 14.8 Å². The molecule has 0 aliphatic heterocycles. The van der Waals surface area contributed by atoms with E-state index in [0.717, 1.165) is 24.8 Å². The molecule has 1 amide bonds. The largest absolute Gasteiger partial charge is 0.497 e. The zero-order chi connectivity index (χ0) is 21.7. The fourth-order valence-electron chi connectivity index (χ4n) is 2.59. The van der Waals surface area contributed by atoms with Gasteiger partial charge in [-0.1, -0.05) is 0 Å². The van der Waals surface area contributed by atoms with Crippen LogP contribution in [0.25, 0.3) is 11.4 Å². The van der Waals surface area contributed by atoms with Gasteiger partial charge in [0.05, 0.1) is 31.3 Å². The van der Waals surface area contributed by atoms with Gasteiger partial charge in [0, 0.05) is 23.3 Å². The van der Waals surface area contributed by atoms with E-state index in [4.69, 9.17) is 4.74 Å². The van der Waals surface area contributed by atoms with E-state index < -0.39 is 22.5 Å². The van der Waals surface area contributed by atoms with Gasteiger partial charge in [0.1, 0.15) is 11.6 Å². The van der Waals surface area contributed by atoms with Crippen molar-refractivity contribution in [2.75, 3.05) is 14.2 Å². The van der Waals surface area contributed by atoms with E-state index in [1.54, 1.807) is 31.4 Å². The Morgan fingerprint density at radius 1 is 1.13 bits per heavy atom. The molecule has 0 atom stereocenters. The topological polar surface area (TPSA) is 149 Å². The van der Waals surface area contributed by atoms with Crippen LogP contribution in [0.1, 0.15) is 26.5 Å². The Hall–Kier alpha value is -4.28. The molecule has 0 aliphatic rings. The first kappa shape index (κ1) is 20.5. The number of nitro benzene ring substituents is 1. The van der Waals surface area contributed by atoms with Crippen molar-refractivity contribution >= 4 is 17.6 Å². The lowest BCUT2D eigenvalue weighted by Gasteiger charge is -2.06. The highest BCUT2D eigenvalue weighted by Gasteiger charge is 2.18.